The van der Waals surface area contributed by atoms with Crippen molar-refractivity contribution in [1.29, 1.82) is 0 Å². The van der Waals surface area contributed by atoms with E-state index in [2.05, 4.69) is 45.7 Å². The quantitative estimate of drug-likeness (QED) is 0.312. The SMILES string of the molecule is Clc1cccc(CSc2ncnc3scc(-c4ccccc4)c23)c1. The lowest BCUT2D eigenvalue weighted by Crippen LogP contribution is -1.87. The largest absolute Gasteiger partial charge is 0.229 e. The molecule has 24 heavy (non-hydrogen) atoms. The highest BCUT2D eigenvalue weighted by Crippen LogP contribution is 2.38. The molecule has 0 fully saturated rings. The van der Waals surface area contributed by atoms with Crippen LogP contribution in [0.3, 0.4) is 0 Å². The zero-order valence-electron chi connectivity index (χ0n) is 12.6. The van der Waals surface area contributed by atoms with Gasteiger partial charge in [-0.15, -0.1) is 23.1 Å². The molecule has 0 aliphatic carbocycles. The van der Waals surface area contributed by atoms with Gasteiger partial charge in [0, 0.05) is 21.7 Å². The molecular weight excluding hydrogens is 356 g/mol. The van der Waals surface area contributed by atoms with Gasteiger partial charge in [0.15, 0.2) is 0 Å². The fourth-order valence-electron chi connectivity index (χ4n) is 2.57. The van der Waals surface area contributed by atoms with E-state index in [-0.39, 0.29) is 0 Å². The molecule has 0 spiro atoms. The lowest BCUT2D eigenvalue weighted by atomic mass is 10.1. The molecule has 5 heteroatoms. The van der Waals surface area contributed by atoms with Crippen LogP contribution in [0.5, 0.6) is 0 Å². The van der Waals surface area contributed by atoms with Gasteiger partial charge in [-0.1, -0.05) is 54.1 Å². The van der Waals surface area contributed by atoms with Crippen molar-refractivity contribution in [3.8, 4) is 11.1 Å². The van der Waals surface area contributed by atoms with Crippen LogP contribution >= 0.6 is 34.7 Å². The second-order valence-corrected chi connectivity index (χ2v) is 7.55. The fraction of sp³-hybridized carbons (Fsp3) is 0.0526. The molecule has 2 aromatic heterocycles. The number of aromatic nitrogens is 2. The normalized spacial score (nSPS) is 11.0. The van der Waals surface area contributed by atoms with Crippen molar-refractivity contribution < 1.29 is 0 Å². The Morgan fingerprint density at radius 3 is 2.71 bits per heavy atom. The Morgan fingerprint density at radius 2 is 1.88 bits per heavy atom. The van der Waals surface area contributed by atoms with Gasteiger partial charge in [0.25, 0.3) is 0 Å². The molecule has 4 rings (SSSR count). The number of rotatable bonds is 4. The molecule has 0 atom stereocenters. The van der Waals surface area contributed by atoms with E-state index in [0.29, 0.717) is 0 Å². The van der Waals surface area contributed by atoms with Gasteiger partial charge in [-0.25, -0.2) is 9.97 Å². The Balaban J connectivity index is 1.72. The minimum absolute atomic E-state index is 0.765. The van der Waals surface area contributed by atoms with Crippen LogP contribution in [-0.4, -0.2) is 9.97 Å². The molecule has 0 aliphatic rings. The maximum absolute atomic E-state index is 6.08. The van der Waals surface area contributed by atoms with E-state index in [4.69, 9.17) is 11.6 Å². The summed E-state index contributed by atoms with van der Waals surface area (Å²) in [6.45, 7) is 0. The van der Waals surface area contributed by atoms with Crippen molar-refractivity contribution in [1.82, 2.24) is 9.97 Å². The van der Waals surface area contributed by atoms with E-state index in [0.717, 1.165) is 26.0 Å². The predicted molar refractivity (Wildman–Crippen MR) is 104 cm³/mol. The highest BCUT2D eigenvalue weighted by molar-refractivity contribution is 7.98. The van der Waals surface area contributed by atoms with E-state index >= 15 is 0 Å². The molecule has 0 aliphatic heterocycles. The summed E-state index contributed by atoms with van der Waals surface area (Å²) in [4.78, 5) is 9.98. The number of hydrogen-bond acceptors (Lipinski definition) is 4. The fourth-order valence-corrected chi connectivity index (χ4v) is 4.71. The first-order valence-electron chi connectivity index (χ1n) is 7.46. The summed E-state index contributed by atoms with van der Waals surface area (Å²) >= 11 is 9.46. The molecule has 0 saturated heterocycles. The van der Waals surface area contributed by atoms with Crippen LogP contribution in [0, 0.1) is 0 Å². The van der Waals surface area contributed by atoms with Crippen LogP contribution in [0.2, 0.25) is 5.02 Å². The molecule has 4 aromatic rings. The van der Waals surface area contributed by atoms with Crippen molar-refractivity contribution in [2.24, 2.45) is 0 Å². The summed E-state index contributed by atoms with van der Waals surface area (Å²) in [5.41, 5.74) is 3.59. The Hall–Kier alpha value is -1.88. The molecule has 0 amide bonds. The van der Waals surface area contributed by atoms with Crippen LogP contribution < -0.4 is 0 Å². The molecule has 0 N–H and O–H groups in total. The van der Waals surface area contributed by atoms with Gasteiger partial charge in [0.2, 0.25) is 0 Å². The number of thiophene rings is 1. The summed E-state index contributed by atoms with van der Waals surface area (Å²) in [6.07, 6.45) is 1.65. The topological polar surface area (TPSA) is 25.8 Å². The molecule has 0 radical (unpaired) electrons. The Labute approximate surface area is 153 Å². The smallest absolute Gasteiger partial charge is 0.128 e. The number of hydrogen-bond donors (Lipinski definition) is 0. The first-order chi connectivity index (χ1) is 11.8. The van der Waals surface area contributed by atoms with Gasteiger partial charge in [-0.05, 0) is 23.3 Å². The van der Waals surface area contributed by atoms with Crippen molar-refractivity contribution in [3.05, 3.63) is 76.9 Å². The highest BCUT2D eigenvalue weighted by Gasteiger charge is 2.13. The van der Waals surface area contributed by atoms with Gasteiger partial charge in [0.05, 0.1) is 5.39 Å². The highest BCUT2D eigenvalue weighted by atomic mass is 35.5. The summed E-state index contributed by atoms with van der Waals surface area (Å²) in [5.74, 6) is 0.830. The second kappa shape index (κ2) is 6.93. The van der Waals surface area contributed by atoms with Crippen LogP contribution in [0.1, 0.15) is 5.56 Å². The zero-order valence-corrected chi connectivity index (χ0v) is 15.0. The first kappa shape index (κ1) is 15.6. The van der Waals surface area contributed by atoms with Gasteiger partial charge < -0.3 is 0 Å². The van der Waals surface area contributed by atoms with E-state index in [9.17, 15) is 0 Å². The lowest BCUT2D eigenvalue weighted by Gasteiger charge is -2.06. The maximum Gasteiger partial charge on any atom is 0.128 e. The van der Waals surface area contributed by atoms with E-state index in [1.54, 1.807) is 29.4 Å². The second-order valence-electron chi connectivity index (χ2n) is 5.29. The van der Waals surface area contributed by atoms with Gasteiger partial charge in [0.1, 0.15) is 16.2 Å². The molecular formula is C19H13ClN2S2. The summed E-state index contributed by atoms with van der Waals surface area (Å²) in [6, 6.07) is 18.4. The van der Waals surface area contributed by atoms with Crippen molar-refractivity contribution in [3.63, 3.8) is 0 Å². The van der Waals surface area contributed by atoms with Crippen LogP contribution in [0.15, 0.2) is 71.3 Å². The summed E-state index contributed by atoms with van der Waals surface area (Å²) in [7, 11) is 0. The van der Waals surface area contributed by atoms with Crippen LogP contribution in [0.4, 0.5) is 0 Å². The average molecular weight is 369 g/mol. The molecule has 2 aromatic carbocycles. The van der Waals surface area contributed by atoms with Crippen molar-refractivity contribution in [2.75, 3.05) is 0 Å². The third kappa shape index (κ3) is 3.18. The Bertz CT molecular complexity index is 983. The molecule has 0 saturated carbocycles. The van der Waals surface area contributed by atoms with E-state index in [1.165, 1.54) is 16.7 Å². The Morgan fingerprint density at radius 1 is 1.00 bits per heavy atom. The van der Waals surface area contributed by atoms with Crippen LogP contribution in [-0.2, 0) is 5.75 Å². The molecule has 2 heterocycles. The summed E-state index contributed by atoms with van der Waals surface area (Å²) < 4.78 is 0. The predicted octanol–water partition coefficient (Wildman–Crippen LogP) is 6.30. The van der Waals surface area contributed by atoms with Gasteiger partial charge in [-0.3, -0.25) is 0 Å². The molecule has 2 nitrogen and oxygen atoms in total. The molecule has 0 unspecified atom stereocenters. The van der Waals surface area contributed by atoms with Gasteiger partial charge >= 0.3 is 0 Å². The number of thioether (sulfide) groups is 1. The average Bonchev–Trinajstić information content (AvgIpc) is 3.05. The molecule has 118 valence electrons. The molecule has 0 bridgehead atoms. The van der Waals surface area contributed by atoms with Gasteiger partial charge in [-0.2, -0.15) is 0 Å². The standard InChI is InChI=1S/C19H13ClN2S2/c20-15-8-4-5-13(9-15)10-23-18-17-16(14-6-2-1-3-7-14)11-24-19(17)22-12-21-18/h1-9,11-12H,10H2. The Kier molecular flexibility index (Phi) is 4.52. The van der Waals surface area contributed by atoms with Crippen LogP contribution in [0.25, 0.3) is 21.3 Å². The lowest BCUT2D eigenvalue weighted by molar-refractivity contribution is 1.11. The zero-order chi connectivity index (χ0) is 16.4. The number of fused-ring (bicyclic) bond motifs is 1. The maximum atomic E-state index is 6.08. The van der Waals surface area contributed by atoms with Crippen molar-refractivity contribution >= 4 is 44.9 Å². The van der Waals surface area contributed by atoms with E-state index < -0.39 is 0 Å². The third-order valence-corrected chi connectivity index (χ3v) is 5.87. The number of benzene rings is 2. The minimum atomic E-state index is 0.765. The first-order valence-corrected chi connectivity index (χ1v) is 9.70. The summed E-state index contributed by atoms with van der Waals surface area (Å²) in [5, 5.41) is 5.08. The number of halogens is 1. The van der Waals surface area contributed by atoms with E-state index in [1.807, 2.05) is 24.3 Å². The minimum Gasteiger partial charge on any atom is -0.229 e. The van der Waals surface area contributed by atoms with Crippen molar-refractivity contribution in [2.45, 2.75) is 10.8 Å². The monoisotopic (exact) mass is 368 g/mol. The number of nitrogens with zero attached hydrogens (tertiary/aromatic N) is 2. The third-order valence-electron chi connectivity index (χ3n) is 3.68.